The molecule has 1 aromatic heterocycles. The number of fused-ring (bicyclic) bond motifs is 1. The summed E-state index contributed by atoms with van der Waals surface area (Å²) in [7, 11) is 1.28. The van der Waals surface area contributed by atoms with Gasteiger partial charge in [-0.3, -0.25) is 4.79 Å². The van der Waals surface area contributed by atoms with Crippen molar-refractivity contribution in [2.75, 3.05) is 20.5 Å². The van der Waals surface area contributed by atoms with Crippen molar-refractivity contribution in [1.82, 2.24) is 4.57 Å². The van der Waals surface area contributed by atoms with Crippen molar-refractivity contribution in [1.29, 1.82) is 0 Å². The number of rotatable bonds is 6. The highest BCUT2D eigenvalue weighted by molar-refractivity contribution is 6.00. The summed E-state index contributed by atoms with van der Waals surface area (Å²) in [6.45, 7) is 3.51. The summed E-state index contributed by atoms with van der Waals surface area (Å²) < 4.78 is 22.5. The van der Waals surface area contributed by atoms with Crippen molar-refractivity contribution >= 4 is 17.7 Å². The van der Waals surface area contributed by atoms with Gasteiger partial charge in [-0.15, -0.1) is 0 Å². The summed E-state index contributed by atoms with van der Waals surface area (Å²) in [5.74, 6) is -0.143. The van der Waals surface area contributed by atoms with Gasteiger partial charge in [0.15, 0.2) is 18.1 Å². The van der Waals surface area contributed by atoms with Crippen LogP contribution in [0, 0.1) is 13.8 Å². The number of ketones is 1. The Morgan fingerprint density at radius 2 is 1.56 bits per heavy atom. The van der Waals surface area contributed by atoms with Crippen molar-refractivity contribution in [2.24, 2.45) is 0 Å². The molecule has 0 saturated carbocycles. The molecular formula is C24H21NO7. The molecule has 0 saturated heterocycles. The summed E-state index contributed by atoms with van der Waals surface area (Å²) in [6.07, 6.45) is 0. The van der Waals surface area contributed by atoms with Gasteiger partial charge in [0.1, 0.15) is 0 Å². The predicted molar refractivity (Wildman–Crippen MR) is 114 cm³/mol. The Morgan fingerprint density at radius 3 is 2.25 bits per heavy atom. The monoisotopic (exact) mass is 435 g/mol. The SMILES string of the molecule is COC(=O)c1ccc(C(=O)OCC(=O)c2cc(C)n(-c3ccc4c(c3)OCO4)c2C)cc1. The molecule has 4 rings (SSSR count). The number of carbonyl (C=O) groups excluding carboxylic acids is 3. The van der Waals surface area contributed by atoms with Crippen LogP contribution >= 0.6 is 0 Å². The number of methoxy groups -OCH3 is 1. The molecular weight excluding hydrogens is 414 g/mol. The molecule has 32 heavy (non-hydrogen) atoms. The van der Waals surface area contributed by atoms with Gasteiger partial charge in [0, 0.05) is 28.7 Å². The zero-order valence-corrected chi connectivity index (χ0v) is 17.8. The molecule has 0 radical (unpaired) electrons. The van der Waals surface area contributed by atoms with E-state index < -0.39 is 18.5 Å². The van der Waals surface area contributed by atoms with Crippen LogP contribution in [0.5, 0.6) is 11.5 Å². The number of aryl methyl sites for hydroxylation is 1. The lowest BCUT2D eigenvalue weighted by molar-refractivity contribution is 0.0474. The largest absolute Gasteiger partial charge is 0.465 e. The third-order valence-electron chi connectivity index (χ3n) is 5.22. The highest BCUT2D eigenvalue weighted by atomic mass is 16.7. The van der Waals surface area contributed by atoms with Crippen molar-refractivity contribution in [2.45, 2.75) is 13.8 Å². The van der Waals surface area contributed by atoms with E-state index >= 15 is 0 Å². The number of benzene rings is 2. The molecule has 1 aliphatic heterocycles. The van der Waals surface area contributed by atoms with E-state index in [4.69, 9.17) is 14.2 Å². The number of carbonyl (C=O) groups is 3. The number of hydrogen-bond acceptors (Lipinski definition) is 7. The number of Topliss-reactive ketones (excluding diaryl/α,β-unsaturated/α-hetero) is 1. The minimum absolute atomic E-state index is 0.183. The van der Waals surface area contributed by atoms with Crippen molar-refractivity contribution < 1.29 is 33.3 Å². The highest BCUT2D eigenvalue weighted by Crippen LogP contribution is 2.35. The van der Waals surface area contributed by atoms with Crippen LogP contribution in [0.3, 0.4) is 0 Å². The molecule has 0 N–H and O–H groups in total. The summed E-state index contributed by atoms with van der Waals surface area (Å²) in [5.41, 5.74) is 3.44. The Labute approximate surface area is 184 Å². The van der Waals surface area contributed by atoms with Gasteiger partial charge in [-0.25, -0.2) is 9.59 Å². The molecule has 0 amide bonds. The molecule has 0 fully saturated rings. The van der Waals surface area contributed by atoms with Crippen LogP contribution < -0.4 is 9.47 Å². The molecule has 2 aromatic carbocycles. The molecule has 164 valence electrons. The number of esters is 2. The fraction of sp³-hybridized carbons (Fsp3) is 0.208. The Kier molecular flexibility index (Phi) is 5.68. The number of hydrogen-bond donors (Lipinski definition) is 0. The van der Waals surface area contributed by atoms with E-state index in [-0.39, 0.29) is 18.1 Å². The summed E-state index contributed by atoms with van der Waals surface area (Å²) in [4.78, 5) is 36.6. The average Bonchev–Trinajstić information content (AvgIpc) is 3.39. The van der Waals surface area contributed by atoms with Gasteiger partial charge in [0.2, 0.25) is 12.6 Å². The van der Waals surface area contributed by atoms with Gasteiger partial charge >= 0.3 is 11.9 Å². The fourth-order valence-electron chi connectivity index (χ4n) is 3.62. The molecule has 2 heterocycles. The van der Waals surface area contributed by atoms with Crippen LogP contribution in [-0.2, 0) is 9.47 Å². The number of nitrogens with zero attached hydrogens (tertiary/aromatic N) is 1. The van der Waals surface area contributed by atoms with Crippen LogP contribution in [0.4, 0.5) is 0 Å². The van der Waals surface area contributed by atoms with Gasteiger partial charge in [0.05, 0.1) is 18.2 Å². The summed E-state index contributed by atoms with van der Waals surface area (Å²) >= 11 is 0. The Bertz CT molecular complexity index is 1210. The molecule has 1 aliphatic rings. The smallest absolute Gasteiger partial charge is 0.338 e. The second-order valence-electron chi connectivity index (χ2n) is 7.23. The number of ether oxygens (including phenoxy) is 4. The van der Waals surface area contributed by atoms with E-state index in [1.165, 1.54) is 31.4 Å². The van der Waals surface area contributed by atoms with E-state index in [2.05, 4.69) is 4.74 Å². The molecule has 8 heteroatoms. The Balaban J connectivity index is 1.47. The molecule has 8 nitrogen and oxygen atoms in total. The molecule has 0 bridgehead atoms. The lowest BCUT2D eigenvalue weighted by atomic mass is 10.1. The topological polar surface area (TPSA) is 93.1 Å². The molecule has 0 aliphatic carbocycles. The average molecular weight is 435 g/mol. The van der Waals surface area contributed by atoms with Crippen molar-refractivity contribution in [3.8, 4) is 17.2 Å². The highest BCUT2D eigenvalue weighted by Gasteiger charge is 2.21. The first kappa shape index (κ1) is 21.2. The zero-order chi connectivity index (χ0) is 22.8. The standard InChI is InChI=1S/C24H21NO7/c1-14-10-19(15(2)25(14)18-8-9-21-22(11-18)32-13-31-21)20(26)12-30-24(28)17-6-4-16(5-7-17)23(27)29-3/h4-11H,12-13H2,1-3H3. The first-order valence-corrected chi connectivity index (χ1v) is 9.86. The van der Waals surface area contributed by atoms with Gasteiger partial charge in [0.25, 0.3) is 0 Å². The molecule has 0 atom stereocenters. The quantitative estimate of drug-likeness (QED) is 0.431. The molecule has 3 aromatic rings. The van der Waals surface area contributed by atoms with Gasteiger partial charge in [-0.1, -0.05) is 0 Å². The lowest BCUT2D eigenvalue weighted by Crippen LogP contribution is -2.15. The van der Waals surface area contributed by atoms with Gasteiger partial charge in [-0.05, 0) is 56.3 Å². The van der Waals surface area contributed by atoms with Gasteiger partial charge in [-0.2, -0.15) is 0 Å². The van der Waals surface area contributed by atoms with E-state index in [1.54, 1.807) is 6.07 Å². The maximum atomic E-state index is 12.8. The van der Waals surface area contributed by atoms with Gasteiger partial charge < -0.3 is 23.5 Å². The van der Waals surface area contributed by atoms with E-state index in [1.807, 2.05) is 36.6 Å². The van der Waals surface area contributed by atoms with Crippen molar-refractivity contribution in [3.05, 3.63) is 76.6 Å². The van der Waals surface area contributed by atoms with Crippen LogP contribution in [-0.4, -0.2) is 42.8 Å². The second kappa shape index (κ2) is 8.58. The van der Waals surface area contributed by atoms with E-state index in [0.717, 1.165) is 17.1 Å². The minimum atomic E-state index is -0.653. The predicted octanol–water partition coefficient (Wildman–Crippen LogP) is 3.65. The summed E-state index contributed by atoms with van der Waals surface area (Å²) in [5, 5.41) is 0. The van der Waals surface area contributed by atoms with E-state index in [9.17, 15) is 14.4 Å². The van der Waals surface area contributed by atoms with E-state index in [0.29, 0.717) is 22.6 Å². The van der Waals surface area contributed by atoms with Crippen LogP contribution in [0.1, 0.15) is 42.5 Å². The first-order chi connectivity index (χ1) is 15.4. The van der Waals surface area contributed by atoms with Crippen molar-refractivity contribution in [3.63, 3.8) is 0 Å². The van der Waals surface area contributed by atoms with Crippen LogP contribution in [0.15, 0.2) is 48.5 Å². The lowest BCUT2D eigenvalue weighted by Gasteiger charge is -2.11. The Morgan fingerprint density at radius 1 is 0.906 bits per heavy atom. The summed E-state index contributed by atoms with van der Waals surface area (Å²) in [6, 6.07) is 13.2. The first-order valence-electron chi connectivity index (χ1n) is 9.86. The fourth-order valence-corrected chi connectivity index (χ4v) is 3.62. The maximum absolute atomic E-state index is 12.8. The van der Waals surface area contributed by atoms with Crippen LogP contribution in [0.25, 0.3) is 5.69 Å². The maximum Gasteiger partial charge on any atom is 0.338 e. The zero-order valence-electron chi connectivity index (χ0n) is 17.8. The Hall–Kier alpha value is -4.07. The minimum Gasteiger partial charge on any atom is -0.465 e. The third-order valence-corrected chi connectivity index (χ3v) is 5.22. The van der Waals surface area contributed by atoms with Crippen LogP contribution in [0.2, 0.25) is 0 Å². The second-order valence-corrected chi connectivity index (χ2v) is 7.23. The molecule has 0 unspecified atom stereocenters. The normalized spacial score (nSPS) is 11.8. The molecule has 0 spiro atoms. The third kappa shape index (κ3) is 3.94. The number of aromatic nitrogens is 1.